The van der Waals surface area contributed by atoms with Crippen LogP contribution < -0.4 is 10.6 Å². The number of halogens is 1. The highest BCUT2D eigenvalue weighted by atomic mass is 127. The fraction of sp³-hybridized carbons (Fsp3) is 0.350. The number of nitrogens with one attached hydrogen (secondary N) is 2. The highest BCUT2D eigenvalue weighted by molar-refractivity contribution is 14.0. The molecule has 0 spiro atoms. The van der Waals surface area contributed by atoms with Gasteiger partial charge in [0, 0.05) is 45.1 Å². The number of pyridine rings is 1. The number of rotatable bonds is 7. The summed E-state index contributed by atoms with van der Waals surface area (Å²) in [6.07, 6.45) is 4.54. The highest BCUT2D eigenvalue weighted by Crippen LogP contribution is 2.07. The molecule has 1 heterocycles. The lowest BCUT2D eigenvalue weighted by molar-refractivity contribution is 0.0827. The van der Waals surface area contributed by atoms with Crippen molar-refractivity contribution in [1.29, 1.82) is 0 Å². The summed E-state index contributed by atoms with van der Waals surface area (Å²) in [5.74, 6) is 0.787. The first-order valence-electron chi connectivity index (χ1n) is 8.82. The standard InChI is InChI=1S/C20H27N5O.HI/c1-4-22-20(23-13-11-16-6-5-12-21-14-16)24-15-17-7-9-18(10-8-17)19(26)25(2)3;/h5-10,12,14H,4,11,13,15H2,1-3H3,(H2,22,23,24);1H. The Balaban J connectivity index is 0.00000364. The van der Waals surface area contributed by atoms with E-state index in [1.807, 2.05) is 43.5 Å². The molecule has 1 aromatic heterocycles. The van der Waals surface area contributed by atoms with Gasteiger partial charge in [-0.25, -0.2) is 4.99 Å². The van der Waals surface area contributed by atoms with Crippen molar-refractivity contribution in [2.45, 2.75) is 19.9 Å². The molecule has 0 unspecified atom stereocenters. The van der Waals surface area contributed by atoms with Crippen molar-refractivity contribution < 1.29 is 4.79 Å². The Morgan fingerprint density at radius 2 is 1.85 bits per heavy atom. The van der Waals surface area contributed by atoms with Gasteiger partial charge in [0.1, 0.15) is 0 Å². The van der Waals surface area contributed by atoms with Crippen LogP contribution in [0.3, 0.4) is 0 Å². The molecule has 2 aromatic rings. The Bertz CT molecular complexity index is 717. The van der Waals surface area contributed by atoms with Crippen molar-refractivity contribution >= 4 is 35.8 Å². The van der Waals surface area contributed by atoms with Gasteiger partial charge in [-0.1, -0.05) is 18.2 Å². The number of benzene rings is 1. The van der Waals surface area contributed by atoms with Crippen LogP contribution in [0.5, 0.6) is 0 Å². The molecule has 1 aromatic carbocycles. The minimum absolute atomic E-state index is 0. The van der Waals surface area contributed by atoms with Crippen molar-refractivity contribution in [3.63, 3.8) is 0 Å². The zero-order chi connectivity index (χ0) is 18.8. The summed E-state index contributed by atoms with van der Waals surface area (Å²) in [4.78, 5) is 22.2. The number of carbonyl (C=O) groups is 1. The molecule has 0 bridgehead atoms. The predicted molar refractivity (Wildman–Crippen MR) is 121 cm³/mol. The van der Waals surface area contributed by atoms with E-state index in [1.54, 1.807) is 25.2 Å². The van der Waals surface area contributed by atoms with Crippen LogP contribution in [0.1, 0.15) is 28.4 Å². The summed E-state index contributed by atoms with van der Waals surface area (Å²) in [5.41, 5.74) is 2.94. The van der Waals surface area contributed by atoms with Crippen LogP contribution in [0.2, 0.25) is 0 Å². The van der Waals surface area contributed by atoms with Crippen molar-refractivity contribution in [1.82, 2.24) is 20.5 Å². The van der Waals surface area contributed by atoms with Gasteiger partial charge in [0.25, 0.3) is 5.91 Å². The van der Waals surface area contributed by atoms with E-state index in [-0.39, 0.29) is 29.9 Å². The molecule has 0 radical (unpaired) electrons. The Morgan fingerprint density at radius 1 is 1.11 bits per heavy atom. The smallest absolute Gasteiger partial charge is 0.253 e. The van der Waals surface area contributed by atoms with Gasteiger partial charge in [-0.05, 0) is 42.7 Å². The van der Waals surface area contributed by atoms with Gasteiger partial charge in [0.2, 0.25) is 0 Å². The van der Waals surface area contributed by atoms with Crippen molar-refractivity contribution in [2.24, 2.45) is 4.99 Å². The highest BCUT2D eigenvalue weighted by Gasteiger charge is 2.07. The monoisotopic (exact) mass is 481 g/mol. The molecule has 2 N–H and O–H groups in total. The summed E-state index contributed by atoms with van der Waals surface area (Å²) < 4.78 is 0. The average Bonchev–Trinajstić information content (AvgIpc) is 2.66. The van der Waals surface area contributed by atoms with E-state index in [2.05, 4.69) is 26.7 Å². The molecule has 0 saturated heterocycles. The molecule has 0 aliphatic carbocycles. The fourth-order valence-electron chi connectivity index (χ4n) is 2.39. The number of carbonyl (C=O) groups excluding carboxylic acids is 1. The quantitative estimate of drug-likeness (QED) is 0.363. The van der Waals surface area contributed by atoms with Gasteiger partial charge >= 0.3 is 0 Å². The second kappa shape index (κ2) is 12.3. The lowest BCUT2D eigenvalue weighted by Crippen LogP contribution is -2.38. The van der Waals surface area contributed by atoms with Crippen molar-refractivity contribution in [2.75, 3.05) is 27.2 Å². The predicted octanol–water partition coefficient (Wildman–Crippen LogP) is 2.70. The number of hydrogen-bond acceptors (Lipinski definition) is 3. The molecule has 0 saturated carbocycles. The van der Waals surface area contributed by atoms with Crippen LogP contribution in [-0.4, -0.2) is 48.9 Å². The first-order valence-corrected chi connectivity index (χ1v) is 8.82. The molecule has 2 rings (SSSR count). The summed E-state index contributed by atoms with van der Waals surface area (Å²) in [7, 11) is 3.50. The van der Waals surface area contributed by atoms with Gasteiger partial charge in [-0.15, -0.1) is 24.0 Å². The fourth-order valence-corrected chi connectivity index (χ4v) is 2.39. The van der Waals surface area contributed by atoms with Crippen LogP contribution in [-0.2, 0) is 13.0 Å². The van der Waals surface area contributed by atoms with Gasteiger partial charge < -0.3 is 15.5 Å². The maximum absolute atomic E-state index is 11.9. The lowest BCUT2D eigenvalue weighted by Gasteiger charge is -2.12. The molecule has 0 fully saturated rings. The van der Waals surface area contributed by atoms with E-state index in [9.17, 15) is 4.79 Å². The summed E-state index contributed by atoms with van der Waals surface area (Å²) in [6, 6.07) is 11.6. The third-order valence-corrected chi connectivity index (χ3v) is 3.80. The van der Waals surface area contributed by atoms with Crippen molar-refractivity contribution in [3.05, 3.63) is 65.5 Å². The maximum atomic E-state index is 11.9. The number of nitrogens with zero attached hydrogens (tertiary/aromatic N) is 3. The number of hydrogen-bond donors (Lipinski definition) is 2. The second-order valence-corrected chi connectivity index (χ2v) is 6.13. The number of amides is 1. The Hall–Kier alpha value is -2.16. The minimum Gasteiger partial charge on any atom is -0.357 e. The van der Waals surface area contributed by atoms with Crippen LogP contribution in [0.4, 0.5) is 0 Å². The van der Waals surface area contributed by atoms with Gasteiger partial charge in [-0.3, -0.25) is 9.78 Å². The molecule has 0 atom stereocenters. The molecule has 0 aliphatic rings. The molecule has 6 nitrogen and oxygen atoms in total. The van der Waals surface area contributed by atoms with E-state index in [0.29, 0.717) is 12.1 Å². The van der Waals surface area contributed by atoms with E-state index >= 15 is 0 Å². The maximum Gasteiger partial charge on any atom is 0.253 e. The third-order valence-electron chi connectivity index (χ3n) is 3.80. The Labute approximate surface area is 178 Å². The van der Waals surface area contributed by atoms with Crippen LogP contribution in [0.25, 0.3) is 0 Å². The van der Waals surface area contributed by atoms with Crippen LogP contribution >= 0.6 is 24.0 Å². The lowest BCUT2D eigenvalue weighted by atomic mass is 10.1. The molecule has 146 valence electrons. The number of aliphatic imine (C=N–C) groups is 1. The zero-order valence-electron chi connectivity index (χ0n) is 16.1. The third kappa shape index (κ3) is 7.94. The van der Waals surface area contributed by atoms with E-state index in [1.165, 1.54) is 5.56 Å². The molecular formula is C20H28IN5O. The summed E-state index contributed by atoms with van der Waals surface area (Å²) in [5, 5.41) is 6.58. The van der Waals surface area contributed by atoms with Crippen LogP contribution in [0.15, 0.2) is 53.8 Å². The van der Waals surface area contributed by atoms with Gasteiger partial charge in [0.05, 0.1) is 6.54 Å². The van der Waals surface area contributed by atoms with E-state index in [0.717, 1.165) is 31.0 Å². The minimum atomic E-state index is 0. The SMILES string of the molecule is CCNC(=NCc1ccc(C(=O)N(C)C)cc1)NCCc1cccnc1.I. The largest absolute Gasteiger partial charge is 0.357 e. The normalized spacial score (nSPS) is 10.7. The summed E-state index contributed by atoms with van der Waals surface area (Å²) >= 11 is 0. The second-order valence-electron chi connectivity index (χ2n) is 6.13. The van der Waals surface area contributed by atoms with Crippen LogP contribution in [0, 0.1) is 0 Å². The molecule has 0 aliphatic heterocycles. The van der Waals surface area contributed by atoms with E-state index < -0.39 is 0 Å². The first-order chi connectivity index (χ1) is 12.6. The Morgan fingerprint density at radius 3 is 2.44 bits per heavy atom. The zero-order valence-corrected chi connectivity index (χ0v) is 18.4. The molecule has 27 heavy (non-hydrogen) atoms. The van der Waals surface area contributed by atoms with E-state index in [4.69, 9.17) is 0 Å². The average molecular weight is 481 g/mol. The summed E-state index contributed by atoms with van der Waals surface area (Å²) in [6.45, 7) is 4.18. The first kappa shape index (κ1) is 22.9. The topological polar surface area (TPSA) is 69.6 Å². The molecule has 7 heteroatoms. The van der Waals surface area contributed by atoms with Crippen molar-refractivity contribution in [3.8, 4) is 0 Å². The molecular weight excluding hydrogens is 453 g/mol. The van der Waals surface area contributed by atoms with Gasteiger partial charge in [0.15, 0.2) is 5.96 Å². The van der Waals surface area contributed by atoms with Gasteiger partial charge in [-0.2, -0.15) is 0 Å². The molecule has 1 amide bonds. The Kier molecular flexibility index (Phi) is 10.4. The number of aromatic nitrogens is 1. The number of guanidine groups is 1.